The summed E-state index contributed by atoms with van der Waals surface area (Å²) < 4.78 is 5.28. The molecule has 2 N–H and O–H groups in total. The first kappa shape index (κ1) is 17.6. The molecular weight excluding hydrogens is 297 g/mol. The van der Waals surface area contributed by atoms with Crippen LogP contribution in [0.1, 0.15) is 15.4 Å². The van der Waals surface area contributed by atoms with Crippen molar-refractivity contribution < 1.29 is 9.53 Å². The van der Waals surface area contributed by atoms with Crippen LogP contribution in [0.2, 0.25) is 0 Å². The van der Waals surface area contributed by atoms with Gasteiger partial charge in [-0.3, -0.25) is 4.79 Å². The molecule has 0 radical (unpaired) electrons. The second kappa shape index (κ2) is 7.91. The number of rotatable bonds is 3. The lowest BCUT2D eigenvalue weighted by molar-refractivity contribution is 0.0782. The number of hydrogen-bond donors (Lipinski definition) is 2. The van der Waals surface area contributed by atoms with Crippen LogP contribution in [0.3, 0.4) is 0 Å². The van der Waals surface area contributed by atoms with Crippen molar-refractivity contribution >= 4 is 42.1 Å². The Balaban J connectivity index is 0.00000144. The molecule has 2 heterocycles. The Morgan fingerprint density at radius 2 is 2.28 bits per heavy atom. The van der Waals surface area contributed by atoms with Gasteiger partial charge in [0.1, 0.15) is 4.88 Å². The number of nitrogens with one attached hydrogen (secondary N) is 2. The maximum atomic E-state index is 11.9. The van der Waals surface area contributed by atoms with Gasteiger partial charge in [0, 0.05) is 20.2 Å². The first-order valence-corrected chi connectivity index (χ1v) is 6.04. The van der Waals surface area contributed by atoms with Crippen LogP contribution >= 0.6 is 36.2 Å². The number of methoxy groups -OCH3 is 1. The Hall–Kier alpha value is -0.400. The second-order valence-corrected chi connectivity index (χ2v) is 4.63. The lowest BCUT2D eigenvalue weighted by atomic mass is 10.2. The van der Waals surface area contributed by atoms with Crippen molar-refractivity contribution in [2.75, 3.05) is 20.2 Å². The molecule has 1 fully saturated rings. The van der Waals surface area contributed by atoms with E-state index in [-0.39, 0.29) is 42.9 Å². The smallest absolute Gasteiger partial charge is 0.263 e. The van der Waals surface area contributed by atoms with E-state index in [0.29, 0.717) is 4.88 Å². The third-order valence-electron chi connectivity index (χ3n) is 2.73. The zero-order valence-electron chi connectivity index (χ0n) is 10.1. The molecule has 0 bridgehead atoms. The van der Waals surface area contributed by atoms with Gasteiger partial charge in [0.15, 0.2) is 0 Å². The van der Waals surface area contributed by atoms with Crippen LogP contribution in [-0.2, 0) is 4.74 Å². The summed E-state index contributed by atoms with van der Waals surface area (Å²) in [6.07, 6.45) is 0.0529. The van der Waals surface area contributed by atoms with E-state index >= 15 is 0 Å². The van der Waals surface area contributed by atoms with Gasteiger partial charge in [0.25, 0.3) is 5.91 Å². The highest BCUT2D eigenvalue weighted by atomic mass is 35.5. The van der Waals surface area contributed by atoms with Gasteiger partial charge in [-0.25, -0.2) is 4.98 Å². The lowest BCUT2D eigenvalue weighted by Gasteiger charge is -2.18. The number of aryl methyl sites for hydroxylation is 1. The molecule has 1 saturated heterocycles. The lowest BCUT2D eigenvalue weighted by Crippen LogP contribution is -2.43. The van der Waals surface area contributed by atoms with Gasteiger partial charge in [-0.05, 0) is 6.92 Å². The maximum Gasteiger partial charge on any atom is 0.263 e. The van der Waals surface area contributed by atoms with Gasteiger partial charge in [-0.1, -0.05) is 0 Å². The molecule has 0 aromatic carbocycles. The third-order valence-corrected chi connectivity index (χ3v) is 3.66. The molecule has 0 saturated carbocycles. The van der Waals surface area contributed by atoms with Gasteiger partial charge in [0.2, 0.25) is 0 Å². The van der Waals surface area contributed by atoms with Gasteiger partial charge in [0.05, 0.1) is 23.4 Å². The fourth-order valence-electron chi connectivity index (χ4n) is 1.80. The molecule has 2 atom stereocenters. The van der Waals surface area contributed by atoms with E-state index in [9.17, 15) is 4.79 Å². The summed E-state index contributed by atoms with van der Waals surface area (Å²) in [5.41, 5.74) is 2.47. The van der Waals surface area contributed by atoms with Gasteiger partial charge < -0.3 is 15.4 Å². The fourth-order valence-corrected chi connectivity index (χ4v) is 2.51. The predicted octanol–water partition coefficient (Wildman–Crippen LogP) is 1.01. The summed E-state index contributed by atoms with van der Waals surface area (Å²) in [7, 11) is 1.66. The van der Waals surface area contributed by atoms with E-state index in [0.717, 1.165) is 18.8 Å². The zero-order valence-corrected chi connectivity index (χ0v) is 12.6. The average Bonchev–Trinajstić information content (AvgIpc) is 2.86. The molecule has 1 aromatic rings. The molecule has 1 aliphatic heterocycles. The van der Waals surface area contributed by atoms with Crippen LogP contribution in [0.5, 0.6) is 0 Å². The van der Waals surface area contributed by atoms with Crippen LogP contribution in [0, 0.1) is 6.92 Å². The highest BCUT2D eigenvalue weighted by molar-refractivity contribution is 7.11. The van der Waals surface area contributed by atoms with E-state index in [1.54, 1.807) is 12.6 Å². The SMILES string of the molecule is CO[C@@H]1CNC[C@H]1NC(=O)c1scnc1C.Cl.Cl. The van der Waals surface area contributed by atoms with Crippen molar-refractivity contribution in [3.05, 3.63) is 16.1 Å². The molecule has 5 nitrogen and oxygen atoms in total. The number of thiazole rings is 1. The van der Waals surface area contributed by atoms with Crippen molar-refractivity contribution in [2.45, 2.75) is 19.1 Å². The summed E-state index contributed by atoms with van der Waals surface area (Å²) in [4.78, 5) is 16.7. The number of amides is 1. The van der Waals surface area contributed by atoms with Crippen LogP contribution in [0.15, 0.2) is 5.51 Å². The zero-order chi connectivity index (χ0) is 11.5. The molecule has 1 amide bonds. The quantitative estimate of drug-likeness (QED) is 0.874. The second-order valence-electron chi connectivity index (χ2n) is 3.78. The topological polar surface area (TPSA) is 63.2 Å². The van der Waals surface area contributed by atoms with E-state index in [2.05, 4.69) is 15.6 Å². The number of carbonyl (C=O) groups excluding carboxylic acids is 1. The monoisotopic (exact) mass is 313 g/mol. The number of nitrogens with zero attached hydrogens (tertiary/aromatic N) is 1. The van der Waals surface area contributed by atoms with Crippen molar-refractivity contribution in [3.8, 4) is 0 Å². The van der Waals surface area contributed by atoms with Crippen LogP contribution < -0.4 is 10.6 Å². The van der Waals surface area contributed by atoms with E-state index in [1.165, 1.54) is 11.3 Å². The van der Waals surface area contributed by atoms with Crippen molar-refractivity contribution in [3.63, 3.8) is 0 Å². The van der Waals surface area contributed by atoms with E-state index in [1.807, 2.05) is 6.92 Å². The van der Waals surface area contributed by atoms with E-state index < -0.39 is 0 Å². The molecule has 8 heteroatoms. The highest BCUT2D eigenvalue weighted by Gasteiger charge is 2.29. The van der Waals surface area contributed by atoms with Crippen LogP contribution in [-0.4, -0.2) is 43.2 Å². The number of carbonyl (C=O) groups is 1. The number of aromatic nitrogens is 1. The molecule has 2 rings (SSSR count). The normalized spacial score (nSPS) is 21.9. The Labute approximate surface area is 123 Å². The first-order valence-electron chi connectivity index (χ1n) is 5.17. The van der Waals surface area contributed by atoms with Crippen molar-refractivity contribution in [2.24, 2.45) is 0 Å². The minimum absolute atomic E-state index is 0. The number of hydrogen-bond acceptors (Lipinski definition) is 5. The molecular formula is C10H17Cl2N3O2S. The molecule has 18 heavy (non-hydrogen) atoms. The molecule has 0 spiro atoms. The van der Waals surface area contributed by atoms with Gasteiger partial charge in [-0.2, -0.15) is 0 Å². The minimum atomic E-state index is -0.0595. The standard InChI is InChI=1S/C10H15N3O2S.2ClH/c1-6-9(16-5-12-6)10(14)13-7-3-11-4-8(7)15-2;;/h5,7-8,11H,3-4H2,1-2H3,(H,13,14);2*1H/t7-,8-;;/m1../s1. The summed E-state index contributed by atoms with van der Waals surface area (Å²) in [6, 6.07) is 0.0407. The molecule has 0 unspecified atom stereocenters. The highest BCUT2D eigenvalue weighted by Crippen LogP contribution is 2.13. The fraction of sp³-hybridized carbons (Fsp3) is 0.600. The molecule has 0 aliphatic carbocycles. The summed E-state index contributed by atoms with van der Waals surface area (Å²) >= 11 is 1.37. The van der Waals surface area contributed by atoms with Gasteiger partial charge in [-0.15, -0.1) is 36.2 Å². The largest absolute Gasteiger partial charge is 0.378 e. The van der Waals surface area contributed by atoms with Gasteiger partial charge >= 0.3 is 0 Å². The minimum Gasteiger partial charge on any atom is -0.378 e. The maximum absolute atomic E-state index is 11.9. The number of halogens is 2. The Morgan fingerprint density at radius 3 is 2.83 bits per heavy atom. The van der Waals surface area contributed by atoms with E-state index in [4.69, 9.17) is 4.74 Å². The summed E-state index contributed by atoms with van der Waals surface area (Å²) in [5, 5.41) is 6.15. The molecule has 1 aromatic heterocycles. The third kappa shape index (κ3) is 3.80. The molecule has 104 valence electrons. The number of ether oxygens (including phenoxy) is 1. The molecule has 1 aliphatic rings. The Kier molecular flexibility index (Phi) is 7.73. The Bertz CT molecular complexity index is 389. The van der Waals surface area contributed by atoms with Crippen molar-refractivity contribution in [1.29, 1.82) is 0 Å². The first-order chi connectivity index (χ1) is 7.72. The van der Waals surface area contributed by atoms with Crippen molar-refractivity contribution in [1.82, 2.24) is 15.6 Å². The van der Waals surface area contributed by atoms with Crippen LogP contribution in [0.25, 0.3) is 0 Å². The Morgan fingerprint density at radius 1 is 1.56 bits per heavy atom. The predicted molar refractivity (Wildman–Crippen MR) is 76.3 cm³/mol. The summed E-state index contributed by atoms with van der Waals surface area (Å²) in [5.74, 6) is -0.0595. The van der Waals surface area contributed by atoms with Crippen LogP contribution in [0.4, 0.5) is 0 Å². The summed E-state index contributed by atoms with van der Waals surface area (Å²) in [6.45, 7) is 3.37. The average molecular weight is 314 g/mol.